The van der Waals surface area contributed by atoms with E-state index in [9.17, 15) is 0 Å². The molecule has 0 saturated heterocycles. The van der Waals surface area contributed by atoms with E-state index in [1.807, 2.05) is 19.9 Å². The highest BCUT2D eigenvalue weighted by Crippen LogP contribution is 2.39. The van der Waals surface area contributed by atoms with E-state index in [1.54, 1.807) is 12.1 Å². The maximum atomic E-state index is 6.22. The van der Waals surface area contributed by atoms with E-state index in [0.717, 1.165) is 19.3 Å². The lowest BCUT2D eigenvalue weighted by atomic mass is 9.77. The van der Waals surface area contributed by atoms with Crippen molar-refractivity contribution in [3.8, 4) is 17.2 Å². The van der Waals surface area contributed by atoms with Crippen LogP contribution in [0.25, 0.3) is 11.5 Å². The van der Waals surface area contributed by atoms with Gasteiger partial charge in [-0.25, -0.2) is 0 Å². The highest BCUT2D eigenvalue weighted by Gasteiger charge is 2.39. The molecule has 1 fully saturated rings. The zero-order valence-electron chi connectivity index (χ0n) is 12.1. The van der Waals surface area contributed by atoms with Crippen molar-refractivity contribution in [1.29, 1.82) is 0 Å². The van der Waals surface area contributed by atoms with Crippen LogP contribution in [0.3, 0.4) is 0 Å². The SMILES string of the molecule is CC(C)Oc1ccc(Cl)cc1-c1nc(C2(N)CCC2)no1. The Bertz CT molecular complexity index is 650. The molecule has 2 aromatic rings. The van der Waals surface area contributed by atoms with E-state index >= 15 is 0 Å². The number of aromatic nitrogens is 2. The Morgan fingerprint density at radius 3 is 2.76 bits per heavy atom. The third-order valence-electron chi connectivity index (χ3n) is 3.65. The Balaban J connectivity index is 1.97. The van der Waals surface area contributed by atoms with Gasteiger partial charge in [0, 0.05) is 5.02 Å². The number of benzene rings is 1. The third kappa shape index (κ3) is 2.76. The molecule has 6 heteroatoms. The summed E-state index contributed by atoms with van der Waals surface area (Å²) in [6.07, 6.45) is 2.91. The fourth-order valence-electron chi connectivity index (χ4n) is 2.34. The number of ether oxygens (including phenoxy) is 1. The van der Waals surface area contributed by atoms with Crippen LogP contribution < -0.4 is 10.5 Å². The summed E-state index contributed by atoms with van der Waals surface area (Å²) in [6, 6.07) is 5.35. The molecule has 5 nitrogen and oxygen atoms in total. The Hall–Kier alpha value is -1.59. The van der Waals surface area contributed by atoms with Gasteiger partial charge in [-0.2, -0.15) is 4.98 Å². The predicted molar refractivity (Wildman–Crippen MR) is 80.2 cm³/mol. The molecule has 1 heterocycles. The van der Waals surface area contributed by atoms with Gasteiger partial charge in [-0.3, -0.25) is 0 Å². The number of nitrogens with two attached hydrogens (primary N) is 1. The van der Waals surface area contributed by atoms with Gasteiger partial charge in [0.25, 0.3) is 5.89 Å². The van der Waals surface area contributed by atoms with Crippen LogP contribution in [0.2, 0.25) is 5.02 Å². The van der Waals surface area contributed by atoms with Crippen LogP contribution >= 0.6 is 11.6 Å². The van der Waals surface area contributed by atoms with E-state index < -0.39 is 5.54 Å². The van der Waals surface area contributed by atoms with Crippen molar-refractivity contribution in [3.63, 3.8) is 0 Å². The molecule has 0 spiro atoms. The molecule has 2 N–H and O–H groups in total. The number of nitrogens with zero attached hydrogens (tertiary/aromatic N) is 2. The van der Waals surface area contributed by atoms with Crippen molar-refractivity contribution in [2.45, 2.75) is 44.8 Å². The predicted octanol–water partition coefficient (Wildman–Crippen LogP) is 3.52. The first-order valence-corrected chi connectivity index (χ1v) is 7.45. The molecule has 1 aliphatic carbocycles. The Kier molecular flexibility index (Phi) is 3.63. The molecule has 0 unspecified atom stereocenters. The van der Waals surface area contributed by atoms with Gasteiger partial charge >= 0.3 is 0 Å². The first-order valence-electron chi connectivity index (χ1n) is 7.07. The molecule has 0 bridgehead atoms. The minimum Gasteiger partial charge on any atom is -0.490 e. The fourth-order valence-corrected chi connectivity index (χ4v) is 2.51. The van der Waals surface area contributed by atoms with Gasteiger partial charge in [-0.05, 0) is 51.3 Å². The van der Waals surface area contributed by atoms with Crippen LogP contribution in [0.1, 0.15) is 38.9 Å². The molecule has 3 rings (SSSR count). The molecule has 0 aliphatic heterocycles. The lowest BCUT2D eigenvalue weighted by Gasteiger charge is -2.34. The summed E-state index contributed by atoms with van der Waals surface area (Å²) in [5, 5.41) is 4.62. The van der Waals surface area contributed by atoms with Crippen molar-refractivity contribution in [1.82, 2.24) is 10.1 Å². The molecule has 1 aromatic heterocycles. The summed E-state index contributed by atoms with van der Waals surface area (Å²) in [4.78, 5) is 4.44. The van der Waals surface area contributed by atoms with Crippen molar-refractivity contribution in [2.24, 2.45) is 5.73 Å². The second-order valence-electron chi connectivity index (χ2n) is 5.74. The third-order valence-corrected chi connectivity index (χ3v) is 3.89. The van der Waals surface area contributed by atoms with Crippen molar-refractivity contribution in [2.75, 3.05) is 0 Å². The summed E-state index contributed by atoms with van der Waals surface area (Å²) in [6.45, 7) is 3.92. The average molecular weight is 308 g/mol. The number of halogens is 1. The van der Waals surface area contributed by atoms with Gasteiger partial charge in [0.05, 0.1) is 17.2 Å². The molecule has 0 atom stereocenters. The summed E-state index contributed by atoms with van der Waals surface area (Å²) >= 11 is 6.07. The van der Waals surface area contributed by atoms with Crippen LogP contribution in [-0.2, 0) is 5.54 Å². The molecular formula is C15H18ClN3O2. The monoisotopic (exact) mass is 307 g/mol. The van der Waals surface area contributed by atoms with E-state index in [1.165, 1.54) is 0 Å². The average Bonchev–Trinajstić information content (AvgIpc) is 2.87. The smallest absolute Gasteiger partial charge is 0.261 e. The molecule has 112 valence electrons. The maximum Gasteiger partial charge on any atom is 0.261 e. The van der Waals surface area contributed by atoms with Crippen LogP contribution in [0.4, 0.5) is 0 Å². The first-order chi connectivity index (χ1) is 9.98. The van der Waals surface area contributed by atoms with Gasteiger partial charge < -0.3 is 15.0 Å². The van der Waals surface area contributed by atoms with E-state index in [-0.39, 0.29) is 6.10 Å². The van der Waals surface area contributed by atoms with E-state index in [0.29, 0.717) is 28.1 Å². The Morgan fingerprint density at radius 1 is 1.38 bits per heavy atom. The van der Waals surface area contributed by atoms with Crippen molar-refractivity contribution < 1.29 is 9.26 Å². The normalized spacial score (nSPS) is 16.8. The number of hydrogen-bond donors (Lipinski definition) is 1. The van der Waals surface area contributed by atoms with Gasteiger partial charge in [-0.15, -0.1) is 0 Å². The second kappa shape index (κ2) is 5.31. The maximum absolute atomic E-state index is 6.22. The van der Waals surface area contributed by atoms with Crippen molar-refractivity contribution >= 4 is 11.6 Å². The zero-order valence-corrected chi connectivity index (χ0v) is 12.9. The van der Waals surface area contributed by atoms with Crippen LogP contribution in [-0.4, -0.2) is 16.2 Å². The zero-order chi connectivity index (χ0) is 15.0. The summed E-state index contributed by atoms with van der Waals surface area (Å²) in [5.41, 5.74) is 6.47. The minimum absolute atomic E-state index is 0.0415. The Morgan fingerprint density at radius 2 is 2.14 bits per heavy atom. The fraction of sp³-hybridized carbons (Fsp3) is 0.467. The highest BCUT2D eigenvalue weighted by molar-refractivity contribution is 6.30. The van der Waals surface area contributed by atoms with Gasteiger partial charge in [0.15, 0.2) is 5.82 Å². The largest absolute Gasteiger partial charge is 0.490 e. The quantitative estimate of drug-likeness (QED) is 0.935. The standard InChI is InChI=1S/C15H18ClN3O2/c1-9(2)20-12-5-4-10(16)8-11(12)13-18-14(19-21-13)15(17)6-3-7-15/h4-5,8-9H,3,6-7,17H2,1-2H3. The number of hydrogen-bond acceptors (Lipinski definition) is 5. The lowest BCUT2D eigenvalue weighted by Crippen LogP contribution is -2.44. The van der Waals surface area contributed by atoms with Gasteiger partial charge in [-0.1, -0.05) is 16.8 Å². The molecule has 0 amide bonds. The topological polar surface area (TPSA) is 74.2 Å². The summed E-state index contributed by atoms with van der Waals surface area (Å²) in [5.74, 6) is 1.61. The number of rotatable bonds is 4. The van der Waals surface area contributed by atoms with Gasteiger partial charge in [0.1, 0.15) is 5.75 Å². The van der Waals surface area contributed by atoms with Crippen LogP contribution in [0.15, 0.2) is 22.7 Å². The van der Waals surface area contributed by atoms with Gasteiger partial charge in [0.2, 0.25) is 0 Å². The summed E-state index contributed by atoms with van der Waals surface area (Å²) < 4.78 is 11.1. The molecule has 1 saturated carbocycles. The lowest BCUT2D eigenvalue weighted by molar-refractivity contribution is 0.229. The highest BCUT2D eigenvalue weighted by atomic mass is 35.5. The molecular weight excluding hydrogens is 290 g/mol. The molecule has 1 aliphatic rings. The minimum atomic E-state index is -0.445. The Labute approximate surface area is 128 Å². The second-order valence-corrected chi connectivity index (χ2v) is 6.18. The van der Waals surface area contributed by atoms with Crippen molar-refractivity contribution in [3.05, 3.63) is 29.0 Å². The van der Waals surface area contributed by atoms with Crippen LogP contribution in [0.5, 0.6) is 5.75 Å². The molecule has 1 aromatic carbocycles. The first kappa shape index (κ1) is 14.4. The summed E-state index contributed by atoms with van der Waals surface area (Å²) in [7, 11) is 0. The van der Waals surface area contributed by atoms with E-state index in [2.05, 4.69) is 10.1 Å². The molecule has 21 heavy (non-hydrogen) atoms. The van der Waals surface area contributed by atoms with Crippen LogP contribution in [0, 0.1) is 0 Å². The molecule has 0 radical (unpaired) electrons. The van der Waals surface area contributed by atoms with E-state index in [4.69, 9.17) is 26.6 Å².